The first-order valence-electron chi connectivity index (χ1n) is 13.3. The van der Waals surface area contributed by atoms with Crippen LogP contribution in [0.5, 0.6) is 5.75 Å². The molecule has 0 radical (unpaired) electrons. The molecule has 1 amide bonds. The van der Waals surface area contributed by atoms with Crippen molar-refractivity contribution in [3.63, 3.8) is 0 Å². The van der Waals surface area contributed by atoms with Gasteiger partial charge < -0.3 is 9.84 Å². The normalized spacial score (nSPS) is 16.6. The van der Waals surface area contributed by atoms with Gasteiger partial charge in [-0.15, -0.1) is 0 Å². The molecule has 41 heavy (non-hydrogen) atoms. The quantitative estimate of drug-likeness (QED) is 0.187. The molecule has 2 aliphatic heterocycles. The Morgan fingerprint density at radius 3 is 2.39 bits per heavy atom. The van der Waals surface area contributed by atoms with Gasteiger partial charge in [-0.1, -0.05) is 71.4 Å². The van der Waals surface area contributed by atoms with Crippen LogP contribution in [0.1, 0.15) is 34.3 Å². The highest BCUT2D eigenvalue weighted by Crippen LogP contribution is 2.37. The number of carboxylic acid groups (broad SMARTS) is 1. The molecule has 6 nitrogen and oxygen atoms in total. The first-order valence-corrected chi connectivity index (χ1v) is 15.3. The highest BCUT2D eigenvalue weighted by molar-refractivity contribution is 8.26. The summed E-state index contributed by atoms with van der Waals surface area (Å²) < 4.78 is 6.71. The van der Waals surface area contributed by atoms with Gasteiger partial charge in [0.2, 0.25) is 0 Å². The molecule has 0 spiro atoms. The molecule has 0 aromatic heterocycles. The Balaban J connectivity index is 1.36. The van der Waals surface area contributed by atoms with Gasteiger partial charge in [0.05, 0.1) is 20.5 Å². The number of rotatable bonds is 10. The smallest absolute Gasteiger partial charge is 0.335 e. The van der Waals surface area contributed by atoms with E-state index >= 15 is 0 Å². The zero-order valence-corrected chi connectivity index (χ0v) is 25.3. The number of thioether (sulfide) groups is 1. The number of benzene rings is 3. The maximum absolute atomic E-state index is 13.4. The molecule has 0 atom stereocenters. The van der Waals surface area contributed by atoms with E-state index in [1.807, 2.05) is 36.4 Å². The van der Waals surface area contributed by atoms with Crippen LogP contribution in [0.4, 0.5) is 0 Å². The van der Waals surface area contributed by atoms with Gasteiger partial charge in [-0.05, 0) is 91.5 Å². The van der Waals surface area contributed by atoms with Crippen LogP contribution in [0, 0.1) is 0 Å². The van der Waals surface area contributed by atoms with Gasteiger partial charge in [0.15, 0.2) is 0 Å². The number of aromatic carboxylic acids is 1. The molecule has 212 valence electrons. The first kappa shape index (κ1) is 29.6. The molecule has 2 saturated heterocycles. The molecule has 2 heterocycles. The Labute approximate surface area is 258 Å². The lowest BCUT2D eigenvalue weighted by molar-refractivity contribution is -0.122. The molecule has 0 unspecified atom stereocenters. The average Bonchev–Trinajstić information content (AvgIpc) is 3.57. The Hall–Kier alpha value is -2.88. The van der Waals surface area contributed by atoms with E-state index in [-0.39, 0.29) is 11.5 Å². The van der Waals surface area contributed by atoms with E-state index in [0.717, 1.165) is 41.9 Å². The molecule has 5 rings (SSSR count). The topological polar surface area (TPSA) is 70.1 Å². The van der Waals surface area contributed by atoms with Crippen molar-refractivity contribution in [1.29, 1.82) is 0 Å². The molecule has 2 aliphatic rings. The van der Waals surface area contributed by atoms with Gasteiger partial charge in [0, 0.05) is 18.7 Å². The Kier molecular flexibility index (Phi) is 9.68. The van der Waals surface area contributed by atoms with Gasteiger partial charge >= 0.3 is 5.97 Å². The number of nitrogens with zero attached hydrogens (tertiary/aromatic N) is 2. The summed E-state index contributed by atoms with van der Waals surface area (Å²) >= 11 is 19.2. The summed E-state index contributed by atoms with van der Waals surface area (Å²) in [5.41, 5.74) is 3.75. The van der Waals surface area contributed by atoms with Crippen molar-refractivity contribution < 1.29 is 19.4 Å². The van der Waals surface area contributed by atoms with E-state index < -0.39 is 5.97 Å². The molecule has 3 aromatic carbocycles. The summed E-state index contributed by atoms with van der Waals surface area (Å²) in [6, 6.07) is 18.0. The van der Waals surface area contributed by atoms with Crippen molar-refractivity contribution in [2.24, 2.45) is 0 Å². The van der Waals surface area contributed by atoms with Crippen LogP contribution in [0.15, 0.2) is 65.6 Å². The van der Waals surface area contributed by atoms with E-state index in [9.17, 15) is 9.59 Å². The van der Waals surface area contributed by atoms with E-state index in [2.05, 4.69) is 4.90 Å². The van der Waals surface area contributed by atoms with Crippen molar-refractivity contribution in [3.8, 4) is 16.9 Å². The zero-order valence-electron chi connectivity index (χ0n) is 22.1. The third kappa shape index (κ3) is 7.31. The third-order valence-corrected chi connectivity index (χ3v) is 9.23. The predicted octanol–water partition coefficient (Wildman–Crippen LogP) is 7.28. The van der Waals surface area contributed by atoms with E-state index in [1.165, 1.54) is 24.6 Å². The third-order valence-electron chi connectivity index (χ3n) is 7.11. The summed E-state index contributed by atoms with van der Waals surface area (Å²) in [5, 5.41) is 10.1. The molecule has 0 aliphatic carbocycles. The number of carbonyl (C=O) groups excluding carboxylic acids is 1. The van der Waals surface area contributed by atoms with E-state index in [0.29, 0.717) is 44.6 Å². The number of carboxylic acids is 1. The van der Waals surface area contributed by atoms with Crippen molar-refractivity contribution in [2.75, 3.05) is 32.8 Å². The molecule has 10 heteroatoms. The lowest BCUT2D eigenvalue weighted by atomic mass is 10.0. The van der Waals surface area contributed by atoms with Crippen LogP contribution in [0.2, 0.25) is 10.0 Å². The predicted molar refractivity (Wildman–Crippen MR) is 170 cm³/mol. The van der Waals surface area contributed by atoms with Crippen LogP contribution < -0.4 is 4.74 Å². The Morgan fingerprint density at radius 1 is 0.976 bits per heavy atom. The number of hydrogen-bond donors (Lipinski definition) is 1. The van der Waals surface area contributed by atoms with Gasteiger partial charge in [-0.2, -0.15) is 0 Å². The number of hydrogen-bond acceptors (Lipinski definition) is 6. The Morgan fingerprint density at radius 2 is 1.68 bits per heavy atom. The minimum Gasteiger partial charge on any atom is -0.492 e. The van der Waals surface area contributed by atoms with Gasteiger partial charge in [0.1, 0.15) is 16.7 Å². The SMILES string of the molecule is O=C(O)c1ccc(CCN2C(=O)C(=Cc3cc(-c4ccc(Cl)c(Cl)c4)ccc3OCCN3CCCC3)SC2=S)cc1. The van der Waals surface area contributed by atoms with Gasteiger partial charge in [0.25, 0.3) is 5.91 Å². The second-order valence-corrected chi connectivity index (χ2v) is 12.4. The fourth-order valence-electron chi connectivity index (χ4n) is 4.83. The second-order valence-electron chi connectivity index (χ2n) is 9.86. The van der Waals surface area contributed by atoms with E-state index in [4.69, 9.17) is 45.3 Å². The van der Waals surface area contributed by atoms with Crippen molar-refractivity contribution in [3.05, 3.63) is 92.3 Å². The number of ether oxygens (including phenoxy) is 1. The molecule has 0 saturated carbocycles. The summed E-state index contributed by atoms with van der Waals surface area (Å²) in [7, 11) is 0. The lowest BCUT2D eigenvalue weighted by Crippen LogP contribution is -2.30. The maximum atomic E-state index is 13.4. The second kappa shape index (κ2) is 13.4. The number of thiocarbonyl (C=S) groups is 1. The summed E-state index contributed by atoms with van der Waals surface area (Å²) in [4.78, 5) is 29.0. The lowest BCUT2D eigenvalue weighted by Gasteiger charge is -2.17. The maximum Gasteiger partial charge on any atom is 0.335 e. The Bertz CT molecular complexity index is 1500. The number of amides is 1. The summed E-state index contributed by atoms with van der Waals surface area (Å²) in [6.45, 7) is 3.99. The highest BCUT2D eigenvalue weighted by atomic mass is 35.5. The minimum absolute atomic E-state index is 0.162. The van der Waals surface area contributed by atoms with Crippen LogP contribution in [0.3, 0.4) is 0 Å². The van der Waals surface area contributed by atoms with Gasteiger partial charge in [-0.25, -0.2) is 4.79 Å². The van der Waals surface area contributed by atoms with E-state index in [1.54, 1.807) is 35.2 Å². The minimum atomic E-state index is -0.971. The molecule has 1 N–H and O–H groups in total. The molecule has 0 bridgehead atoms. The monoisotopic (exact) mass is 626 g/mol. The highest BCUT2D eigenvalue weighted by Gasteiger charge is 2.32. The molecular weight excluding hydrogens is 599 g/mol. The van der Waals surface area contributed by atoms with Crippen molar-refractivity contribution in [2.45, 2.75) is 19.3 Å². The van der Waals surface area contributed by atoms with Gasteiger partial charge in [-0.3, -0.25) is 14.6 Å². The van der Waals surface area contributed by atoms with Crippen LogP contribution in [-0.2, 0) is 11.2 Å². The van der Waals surface area contributed by atoms with Crippen LogP contribution >= 0.6 is 47.2 Å². The fourth-order valence-corrected chi connectivity index (χ4v) is 6.43. The standard InChI is InChI=1S/C31H28Cl2N2O4S2/c32-25-9-7-23(18-26(25)33)22-8-10-27(39-16-15-34-12-1-2-13-34)24(17-22)19-28-29(36)35(31(40)41-28)14-11-20-3-5-21(6-4-20)30(37)38/h3-10,17-19H,1-2,11-16H2,(H,37,38). The number of halogens is 2. The largest absolute Gasteiger partial charge is 0.492 e. The summed E-state index contributed by atoms with van der Waals surface area (Å²) in [6.07, 6.45) is 4.84. The first-order chi connectivity index (χ1) is 19.8. The molecule has 3 aromatic rings. The molecular formula is C31H28Cl2N2O4S2. The van der Waals surface area contributed by atoms with Crippen molar-refractivity contribution in [1.82, 2.24) is 9.80 Å². The number of likely N-dealkylation sites (tertiary alicyclic amines) is 1. The van der Waals surface area contributed by atoms with Crippen molar-refractivity contribution >= 4 is 69.5 Å². The number of carbonyl (C=O) groups is 2. The average molecular weight is 628 g/mol. The van der Waals surface area contributed by atoms with Crippen LogP contribution in [-0.4, -0.2) is 63.9 Å². The summed E-state index contributed by atoms with van der Waals surface area (Å²) in [5.74, 6) is -0.442. The fraction of sp³-hybridized carbons (Fsp3) is 0.258. The molecule has 2 fully saturated rings. The zero-order chi connectivity index (χ0) is 28.9. The van der Waals surface area contributed by atoms with Crippen LogP contribution in [0.25, 0.3) is 17.2 Å².